The molecule has 2 amide bonds. The average Bonchev–Trinajstić information content (AvgIpc) is 3.71. The number of aromatic nitrogens is 3. The zero-order chi connectivity index (χ0) is 32.6. The van der Waals surface area contributed by atoms with Gasteiger partial charge in [0.15, 0.2) is 0 Å². The average molecular weight is 645 g/mol. The fraction of sp³-hybridized carbons (Fsp3) is 0.528. The molecule has 0 radical (unpaired) electrons. The molecule has 2 saturated carbocycles. The molecular formula is C36H42F2N6O3. The van der Waals surface area contributed by atoms with E-state index in [1.54, 1.807) is 28.9 Å². The molecule has 4 aliphatic rings. The van der Waals surface area contributed by atoms with Crippen LogP contribution in [0.25, 0.3) is 27.8 Å². The normalized spacial score (nSPS) is 25.5. The Morgan fingerprint density at radius 1 is 1.02 bits per heavy atom. The van der Waals surface area contributed by atoms with Crippen LogP contribution in [0.3, 0.4) is 0 Å². The Bertz CT molecular complexity index is 1860. The number of alkyl halides is 1. The van der Waals surface area contributed by atoms with E-state index < -0.39 is 6.17 Å². The smallest absolute Gasteiger partial charge is 0.255 e. The zero-order valence-corrected chi connectivity index (χ0v) is 26.7. The number of halogens is 2. The fourth-order valence-electron chi connectivity index (χ4n) is 8.09. The highest BCUT2D eigenvalue weighted by Crippen LogP contribution is 2.42. The topological polar surface area (TPSA) is 109 Å². The van der Waals surface area contributed by atoms with Crippen molar-refractivity contribution in [1.29, 1.82) is 0 Å². The Hall–Kier alpha value is -3.83. The minimum atomic E-state index is -1.13. The number of pyridine rings is 1. The maximum atomic E-state index is 15.3. The van der Waals surface area contributed by atoms with E-state index in [2.05, 4.69) is 4.57 Å². The number of amides is 2. The number of carbonyl (C=O) groups excluding carboxylic acids is 2. The molecule has 0 bridgehead atoms. The predicted octanol–water partition coefficient (Wildman–Crippen LogP) is 4.80. The van der Waals surface area contributed by atoms with Gasteiger partial charge in [0.2, 0.25) is 5.91 Å². The minimum absolute atomic E-state index is 0.0358. The molecule has 1 aromatic carbocycles. The van der Waals surface area contributed by atoms with Crippen molar-refractivity contribution in [2.24, 2.45) is 17.6 Å². The number of aliphatic hydroxyl groups excluding tert-OH is 1. The highest BCUT2D eigenvalue weighted by molar-refractivity contribution is 5.95. The molecule has 0 unspecified atom stereocenters. The summed E-state index contributed by atoms with van der Waals surface area (Å²) < 4.78 is 33.5. The first kappa shape index (κ1) is 30.5. The van der Waals surface area contributed by atoms with Crippen LogP contribution in [0.1, 0.15) is 72.3 Å². The van der Waals surface area contributed by atoms with Crippen LogP contribution in [0.2, 0.25) is 0 Å². The van der Waals surface area contributed by atoms with Gasteiger partial charge >= 0.3 is 0 Å². The zero-order valence-electron chi connectivity index (χ0n) is 26.7. The van der Waals surface area contributed by atoms with Crippen LogP contribution in [0, 0.1) is 24.6 Å². The molecule has 0 spiro atoms. The molecule has 2 aliphatic heterocycles. The van der Waals surface area contributed by atoms with Gasteiger partial charge in [-0.25, -0.2) is 13.3 Å². The maximum Gasteiger partial charge on any atom is 0.255 e. The first-order valence-electron chi connectivity index (χ1n) is 17.1. The van der Waals surface area contributed by atoms with Crippen LogP contribution >= 0.6 is 0 Å². The van der Waals surface area contributed by atoms with E-state index in [0.717, 1.165) is 71.2 Å². The molecule has 2 aliphatic carbocycles. The van der Waals surface area contributed by atoms with E-state index in [1.165, 1.54) is 4.90 Å². The summed E-state index contributed by atoms with van der Waals surface area (Å²) in [6, 6.07) is 8.60. The van der Waals surface area contributed by atoms with Crippen molar-refractivity contribution in [1.82, 2.24) is 24.0 Å². The molecule has 2 saturated heterocycles. The first-order chi connectivity index (χ1) is 22.6. The van der Waals surface area contributed by atoms with E-state index >= 15 is 4.39 Å². The third-order valence-electron chi connectivity index (χ3n) is 10.9. The lowest BCUT2D eigenvalue weighted by atomic mass is 9.80. The molecule has 47 heavy (non-hydrogen) atoms. The second-order valence-electron chi connectivity index (χ2n) is 14.5. The number of carbonyl (C=O) groups is 2. The summed E-state index contributed by atoms with van der Waals surface area (Å²) in [5.41, 5.74) is 12.0. The number of benzene rings is 1. The van der Waals surface area contributed by atoms with Gasteiger partial charge in [-0.1, -0.05) is 0 Å². The highest BCUT2D eigenvalue weighted by atomic mass is 19.1. The van der Waals surface area contributed by atoms with Gasteiger partial charge < -0.3 is 25.2 Å². The number of aliphatic hydroxyl groups is 1. The van der Waals surface area contributed by atoms with Gasteiger partial charge in [-0.2, -0.15) is 5.10 Å². The van der Waals surface area contributed by atoms with Crippen LogP contribution in [-0.2, 0) is 11.3 Å². The molecular weight excluding hydrogens is 602 g/mol. The molecule has 8 rings (SSSR count). The van der Waals surface area contributed by atoms with Crippen LogP contribution in [-0.4, -0.2) is 85.4 Å². The summed E-state index contributed by atoms with van der Waals surface area (Å²) in [5.74, 6) is 0.196. The van der Waals surface area contributed by atoms with Crippen molar-refractivity contribution < 1.29 is 23.5 Å². The number of piperidine rings is 2. The van der Waals surface area contributed by atoms with E-state index in [9.17, 15) is 19.1 Å². The van der Waals surface area contributed by atoms with Gasteiger partial charge in [-0.05, 0) is 99.6 Å². The van der Waals surface area contributed by atoms with Gasteiger partial charge in [0.25, 0.3) is 5.91 Å². The summed E-state index contributed by atoms with van der Waals surface area (Å²) in [5, 5.41) is 15.5. The number of fused-ring (bicyclic) bond motifs is 2. The molecule has 5 heterocycles. The molecule has 9 nitrogen and oxygen atoms in total. The number of rotatable bonds is 6. The molecule has 4 fully saturated rings. The molecule has 11 heteroatoms. The summed E-state index contributed by atoms with van der Waals surface area (Å²) in [7, 11) is 0. The fourth-order valence-corrected chi connectivity index (χ4v) is 8.09. The molecule has 4 aromatic rings. The molecule has 3 aromatic heterocycles. The van der Waals surface area contributed by atoms with Crippen LogP contribution in [0.5, 0.6) is 0 Å². The summed E-state index contributed by atoms with van der Waals surface area (Å²) >= 11 is 0. The van der Waals surface area contributed by atoms with Crippen molar-refractivity contribution in [3.05, 3.63) is 59.0 Å². The Balaban J connectivity index is 1.13. The monoisotopic (exact) mass is 644 g/mol. The number of nitrogens with zero attached hydrogens (tertiary/aromatic N) is 5. The highest BCUT2D eigenvalue weighted by Gasteiger charge is 2.38. The largest absolute Gasteiger partial charge is 0.393 e. The van der Waals surface area contributed by atoms with Crippen molar-refractivity contribution >= 4 is 28.2 Å². The summed E-state index contributed by atoms with van der Waals surface area (Å²) in [6.45, 7) is 4.45. The Morgan fingerprint density at radius 2 is 1.79 bits per heavy atom. The lowest BCUT2D eigenvalue weighted by molar-refractivity contribution is -0.143. The quantitative estimate of drug-likeness (QED) is 0.314. The van der Waals surface area contributed by atoms with Gasteiger partial charge in [-0.3, -0.25) is 9.59 Å². The second kappa shape index (κ2) is 11.7. The minimum Gasteiger partial charge on any atom is -0.393 e. The summed E-state index contributed by atoms with van der Waals surface area (Å²) in [6.07, 6.45) is 5.41. The predicted molar refractivity (Wildman–Crippen MR) is 174 cm³/mol. The van der Waals surface area contributed by atoms with Crippen molar-refractivity contribution in [2.45, 2.75) is 82.6 Å². The second-order valence-corrected chi connectivity index (χ2v) is 14.5. The standard InChI is InChI=1S/C36H42F2N6O3/c1-20-31-5-4-23(35(46)42-18-27(38)14-28(39)19-42)17-44(31)40-33(20)32-13-24-10-26(37)15-30(34(24)43(32)16-21-2-3-21)22-6-8-41(9-7-22)36(47)25-11-29(45)12-25/h4-5,10,13,15,17,21-22,25,27-29,45H,2-3,6-9,11-12,14,16,18-19,39H2,1H3/t25?,27-,28-,29?/m1/s1. The molecule has 248 valence electrons. The molecule has 2 atom stereocenters. The third kappa shape index (κ3) is 5.61. The van der Waals surface area contributed by atoms with Gasteiger partial charge in [-0.15, -0.1) is 0 Å². The van der Waals surface area contributed by atoms with Crippen LogP contribution < -0.4 is 5.73 Å². The first-order valence-corrected chi connectivity index (χ1v) is 17.1. The van der Waals surface area contributed by atoms with E-state index in [4.69, 9.17) is 10.8 Å². The lowest BCUT2D eigenvalue weighted by Gasteiger charge is -2.38. The number of hydrogen-bond acceptors (Lipinski definition) is 5. The van der Waals surface area contributed by atoms with Crippen molar-refractivity contribution in [3.63, 3.8) is 0 Å². The number of likely N-dealkylation sites (tertiary alicyclic amines) is 2. The Kier molecular flexibility index (Phi) is 7.59. The van der Waals surface area contributed by atoms with Crippen molar-refractivity contribution in [3.8, 4) is 11.4 Å². The summed E-state index contributed by atoms with van der Waals surface area (Å²) in [4.78, 5) is 29.7. The van der Waals surface area contributed by atoms with Crippen molar-refractivity contribution in [2.75, 3.05) is 26.2 Å². The Morgan fingerprint density at radius 3 is 2.49 bits per heavy atom. The SMILES string of the molecule is Cc1c(-c2cc3cc(F)cc(C4CCN(C(=O)C5CC(O)C5)CC4)c3n2CC2CC2)nn2cc(C(=O)N3C[C@H](N)C[C@@H](F)C3)ccc12. The Labute approximate surface area is 272 Å². The van der Waals surface area contributed by atoms with Gasteiger partial charge in [0, 0.05) is 55.3 Å². The number of aryl methyl sites for hydroxylation is 1. The van der Waals surface area contributed by atoms with E-state index in [-0.39, 0.29) is 54.6 Å². The molecule has 3 N–H and O–H groups in total. The lowest BCUT2D eigenvalue weighted by Crippen LogP contribution is -2.50. The van der Waals surface area contributed by atoms with Crippen LogP contribution in [0.4, 0.5) is 8.78 Å². The van der Waals surface area contributed by atoms with E-state index in [1.807, 2.05) is 24.0 Å². The van der Waals surface area contributed by atoms with Gasteiger partial charge in [0.05, 0.1) is 34.9 Å². The maximum absolute atomic E-state index is 15.3. The van der Waals surface area contributed by atoms with Gasteiger partial charge in [0.1, 0.15) is 17.7 Å². The van der Waals surface area contributed by atoms with E-state index in [0.29, 0.717) is 44.0 Å². The third-order valence-corrected chi connectivity index (χ3v) is 10.9. The number of hydrogen-bond donors (Lipinski definition) is 2. The van der Waals surface area contributed by atoms with Crippen LogP contribution in [0.15, 0.2) is 36.5 Å². The number of nitrogens with two attached hydrogens (primary N) is 1.